The molecule has 1 fully saturated rings. The molecule has 3 aromatic heterocycles. The Morgan fingerprint density at radius 2 is 1.82 bits per heavy atom. The predicted octanol–water partition coefficient (Wildman–Crippen LogP) is 4.80. The van der Waals surface area contributed by atoms with Crippen molar-refractivity contribution in [2.45, 2.75) is 33.0 Å². The Bertz CT molecular complexity index is 1380. The number of piperazine rings is 1. The zero-order valence-corrected chi connectivity index (χ0v) is 22.5. The van der Waals surface area contributed by atoms with E-state index in [2.05, 4.69) is 19.9 Å². The molecule has 0 N–H and O–H groups in total. The standard InChI is InChI=1S/C29H33N5O5/c1-29(2,3)39-28(35)34-13-11-33(12-14-34)15-16-36-24-7-6-22(31-19-24)20-37-23-8-9-26-25(17-23)32-27(38-26)21-5-4-10-30-18-21/h4-10,17-19H,11-16,20H2,1-3H3. The van der Waals surface area contributed by atoms with Crippen LogP contribution in [-0.4, -0.2) is 75.8 Å². The van der Waals surface area contributed by atoms with Gasteiger partial charge in [-0.05, 0) is 57.2 Å². The Morgan fingerprint density at radius 1 is 1.00 bits per heavy atom. The van der Waals surface area contributed by atoms with Gasteiger partial charge in [0.25, 0.3) is 0 Å². The number of pyridine rings is 2. The van der Waals surface area contributed by atoms with Gasteiger partial charge in [0.15, 0.2) is 5.58 Å². The number of benzene rings is 1. The summed E-state index contributed by atoms with van der Waals surface area (Å²) in [4.78, 5) is 29.4. The number of hydrogen-bond donors (Lipinski definition) is 0. The number of rotatable bonds is 8. The molecule has 0 bridgehead atoms. The number of amides is 1. The van der Waals surface area contributed by atoms with Crippen molar-refractivity contribution in [3.05, 3.63) is 66.7 Å². The molecule has 0 spiro atoms. The summed E-state index contributed by atoms with van der Waals surface area (Å²) < 4.78 is 23.1. The molecular formula is C29H33N5O5. The van der Waals surface area contributed by atoms with Crippen LogP contribution in [0.15, 0.2) is 65.5 Å². The van der Waals surface area contributed by atoms with Crippen LogP contribution in [0.5, 0.6) is 11.5 Å². The fraction of sp³-hybridized carbons (Fsp3) is 0.379. The van der Waals surface area contributed by atoms with Gasteiger partial charge < -0.3 is 23.5 Å². The molecule has 4 heterocycles. The van der Waals surface area contributed by atoms with E-state index in [9.17, 15) is 4.79 Å². The molecule has 1 amide bonds. The first-order chi connectivity index (χ1) is 18.8. The van der Waals surface area contributed by atoms with Crippen LogP contribution in [0.2, 0.25) is 0 Å². The number of nitrogens with zero attached hydrogens (tertiary/aromatic N) is 5. The van der Waals surface area contributed by atoms with Gasteiger partial charge in [-0.1, -0.05) is 0 Å². The molecule has 204 valence electrons. The minimum absolute atomic E-state index is 0.248. The number of hydrogen-bond acceptors (Lipinski definition) is 9. The van der Waals surface area contributed by atoms with Gasteiger partial charge in [0.2, 0.25) is 5.89 Å². The fourth-order valence-corrected chi connectivity index (χ4v) is 4.12. The third-order valence-corrected chi connectivity index (χ3v) is 6.15. The summed E-state index contributed by atoms with van der Waals surface area (Å²) in [5.41, 5.74) is 2.54. The van der Waals surface area contributed by atoms with Crippen molar-refractivity contribution in [2.24, 2.45) is 0 Å². The largest absolute Gasteiger partial charge is 0.491 e. The van der Waals surface area contributed by atoms with E-state index in [1.54, 1.807) is 23.5 Å². The summed E-state index contributed by atoms with van der Waals surface area (Å²) in [6, 6.07) is 13.1. The highest BCUT2D eigenvalue weighted by atomic mass is 16.6. The molecule has 1 aliphatic rings. The average molecular weight is 532 g/mol. The van der Waals surface area contributed by atoms with Gasteiger partial charge in [0.1, 0.15) is 35.8 Å². The van der Waals surface area contributed by atoms with Gasteiger partial charge in [-0.3, -0.25) is 14.9 Å². The van der Waals surface area contributed by atoms with Crippen molar-refractivity contribution in [3.63, 3.8) is 0 Å². The number of aromatic nitrogens is 3. The lowest BCUT2D eigenvalue weighted by atomic mass is 10.2. The summed E-state index contributed by atoms with van der Waals surface area (Å²) in [5.74, 6) is 1.91. The van der Waals surface area contributed by atoms with Gasteiger partial charge in [-0.2, -0.15) is 0 Å². The predicted molar refractivity (Wildman–Crippen MR) is 146 cm³/mol. The van der Waals surface area contributed by atoms with Crippen molar-refractivity contribution in [2.75, 3.05) is 39.3 Å². The first kappa shape index (κ1) is 26.4. The first-order valence-corrected chi connectivity index (χ1v) is 13.0. The Morgan fingerprint density at radius 3 is 2.54 bits per heavy atom. The molecule has 1 aromatic carbocycles. The van der Waals surface area contributed by atoms with Crippen LogP contribution in [-0.2, 0) is 11.3 Å². The monoisotopic (exact) mass is 531 g/mol. The first-order valence-electron chi connectivity index (χ1n) is 13.0. The molecule has 5 rings (SSSR count). The SMILES string of the molecule is CC(C)(C)OC(=O)N1CCN(CCOc2ccc(COc3ccc4oc(-c5cccnc5)nc4c3)nc2)CC1. The molecule has 0 unspecified atom stereocenters. The van der Waals surface area contributed by atoms with Gasteiger partial charge in [-0.15, -0.1) is 0 Å². The molecule has 1 saturated heterocycles. The minimum atomic E-state index is -0.477. The molecular weight excluding hydrogens is 498 g/mol. The van der Waals surface area contributed by atoms with Crippen LogP contribution in [0.1, 0.15) is 26.5 Å². The summed E-state index contributed by atoms with van der Waals surface area (Å²) >= 11 is 0. The topological polar surface area (TPSA) is 103 Å². The molecule has 4 aromatic rings. The van der Waals surface area contributed by atoms with Gasteiger partial charge in [0, 0.05) is 51.2 Å². The lowest BCUT2D eigenvalue weighted by molar-refractivity contribution is 0.0137. The van der Waals surface area contributed by atoms with E-state index in [0.29, 0.717) is 54.8 Å². The normalized spacial score (nSPS) is 14.4. The molecule has 39 heavy (non-hydrogen) atoms. The maximum Gasteiger partial charge on any atom is 0.410 e. The molecule has 0 radical (unpaired) electrons. The maximum atomic E-state index is 12.2. The summed E-state index contributed by atoms with van der Waals surface area (Å²) in [6.45, 7) is 10.2. The zero-order chi connectivity index (χ0) is 27.2. The van der Waals surface area contributed by atoms with Gasteiger partial charge >= 0.3 is 6.09 Å². The van der Waals surface area contributed by atoms with E-state index in [1.807, 2.05) is 63.2 Å². The summed E-state index contributed by atoms with van der Waals surface area (Å²) in [7, 11) is 0. The summed E-state index contributed by atoms with van der Waals surface area (Å²) in [6.07, 6.45) is 4.89. The van der Waals surface area contributed by atoms with Crippen LogP contribution < -0.4 is 9.47 Å². The van der Waals surface area contributed by atoms with Crippen molar-refractivity contribution in [1.29, 1.82) is 0 Å². The number of carbonyl (C=O) groups is 1. The van der Waals surface area contributed by atoms with Crippen molar-refractivity contribution >= 4 is 17.2 Å². The second-order valence-corrected chi connectivity index (χ2v) is 10.3. The van der Waals surface area contributed by atoms with E-state index in [1.165, 1.54) is 0 Å². The second-order valence-electron chi connectivity index (χ2n) is 10.3. The number of ether oxygens (including phenoxy) is 3. The Labute approximate surface area is 227 Å². The average Bonchev–Trinajstić information content (AvgIpc) is 3.36. The third-order valence-electron chi connectivity index (χ3n) is 6.15. The van der Waals surface area contributed by atoms with Crippen molar-refractivity contribution < 1.29 is 23.4 Å². The minimum Gasteiger partial charge on any atom is -0.491 e. The van der Waals surface area contributed by atoms with Gasteiger partial charge in [0.05, 0.1) is 17.5 Å². The van der Waals surface area contributed by atoms with Crippen molar-refractivity contribution in [3.8, 4) is 23.0 Å². The smallest absolute Gasteiger partial charge is 0.410 e. The number of carbonyl (C=O) groups excluding carboxylic acids is 1. The van der Waals surface area contributed by atoms with E-state index < -0.39 is 5.60 Å². The summed E-state index contributed by atoms with van der Waals surface area (Å²) in [5, 5.41) is 0. The lowest BCUT2D eigenvalue weighted by Gasteiger charge is -2.35. The van der Waals surface area contributed by atoms with E-state index >= 15 is 0 Å². The number of fused-ring (bicyclic) bond motifs is 1. The number of oxazole rings is 1. The van der Waals surface area contributed by atoms with Crippen LogP contribution in [0.3, 0.4) is 0 Å². The van der Waals surface area contributed by atoms with Crippen LogP contribution in [0.4, 0.5) is 4.79 Å². The fourth-order valence-electron chi connectivity index (χ4n) is 4.12. The van der Waals surface area contributed by atoms with Crippen molar-refractivity contribution in [1.82, 2.24) is 24.8 Å². The highest BCUT2D eigenvalue weighted by molar-refractivity contribution is 5.77. The highest BCUT2D eigenvalue weighted by Gasteiger charge is 2.25. The van der Waals surface area contributed by atoms with Gasteiger partial charge in [-0.25, -0.2) is 9.78 Å². The lowest BCUT2D eigenvalue weighted by Crippen LogP contribution is -2.50. The molecule has 0 aliphatic carbocycles. The third kappa shape index (κ3) is 7.23. The van der Waals surface area contributed by atoms with E-state index in [4.69, 9.17) is 18.6 Å². The Kier molecular flexibility index (Phi) is 7.92. The molecule has 0 atom stereocenters. The van der Waals surface area contributed by atoms with Crippen LogP contribution in [0.25, 0.3) is 22.6 Å². The zero-order valence-electron chi connectivity index (χ0n) is 22.5. The van der Waals surface area contributed by atoms with Crippen LogP contribution in [0, 0.1) is 0 Å². The van der Waals surface area contributed by atoms with Crippen LogP contribution >= 0.6 is 0 Å². The molecule has 10 nitrogen and oxygen atoms in total. The molecule has 1 aliphatic heterocycles. The molecule has 10 heteroatoms. The van der Waals surface area contributed by atoms with E-state index in [-0.39, 0.29) is 6.09 Å². The Hall–Kier alpha value is -4.18. The molecule has 0 saturated carbocycles. The van der Waals surface area contributed by atoms with E-state index in [0.717, 1.165) is 30.9 Å². The maximum absolute atomic E-state index is 12.2. The Balaban J connectivity index is 1.05. The quantitative estimate of drug-likeness (QED) is 0.317. The highest BCUT2D eigenvalue weighted by Crippen LogP contribution is 2.27. The second kappa shape index (κ2) is 11.7.